The number of carboxylic acids is 1. The third-order valence-corrected chi connectivity index (χ3v) is 6.59. The summed E-state index contributed by atoms with van der Waals surface area (Å²) in [6.45, 7) is 1.97. The second-order valence-electron chi connectivity index (χ2n) is 9.04. The Labute approximate surface area is 193 Å². The summed E-state index contributed by atoms with van der Waals surface area (Å²) in [7, 11) is 0. The Morgan fingerprint density at radius 3 is 2.30 bits per heavy atom. The first kappa shape index (κ1) is 22.8. The molecule has 0 aromatic heterocycles. The summed E-state index contributed by atoms with van der Waals surface area (Å²) in [5.41, 5.74) is 4.62. The number of rotatable bonds is 7. The monoisotopic (exact) mass is 450 g/mol. The Morgan fingerprint density at radius 1 is 1.03 bits per heavy atom. The second-order valence-corrected chi connectivity index (χ2v) is 9.04. The van der Waals surface area contributed by atoms with Gasteiger partial charge in [0, 0.05) is 24.4 Å². The van der Waals surface area contributed by atoms with Crippen LogP contribution >= 0.6 is 0 Å². The number of aliphatic carboxylic acids is 1. The number of amides is 2. The standard InChI is InChI=1S/C26H30N2O5/c1-16(13-24(29)28-18-8-6-7-17(14-18)25(30)31)27-26(32)33-15-23-21-11-4-2-9-19(21)20-10-3-5-12-22(20)23/h2-5,9-12,16-18,23H,6-8,13-15H2,1H3,(H,27,32)(H,28,29)(H,30,31)/t16-,17?,18?/m0/s1. The lowest BCUT2D eigenvalue weighted by atomic mass is 9.85. The summed E-state index contributed by atoms with van der Waals surface area (Å²) in [4.78, 5) is 36.0. The van der Waals surface area contributed by atoms with Gasteiger partial charge in [0.15, 0.2) is 0 Å². The molecule has 0 spiro atoms. The highest BCUT2D eigenvalue weighted by molar-refractivity contribution is 5.80. The summed E-state index contributed by atoms with van der Waals surface area (Å²) in [6.07, 6.45) is 2.23. The minimum absolute atomic E-state index is 0.0183. The quantitative estimate of drug-likeness (QED) is 0.590. The van der Waals surface area contributed by atoms with Crippen LogP contribution in [0.5, 0.6) is 0 Å². The van der Waals surface area contributed by atoms with Crippen molar-refractivity contribution >= 4 is 18.0 Å². The van der Waals surface area contributed by atoms with Crippen LogP contribution in [0.2, 0.25) is 0 Å². The van der Waals surface area contributed by atoms with E-state index in [2.05, 4.69) is 34.9 Å². The Balaban J connectivity index is 1.25. The van der Waals surface area contributed by atoms with Crippen LogP contribution in [0, 0.1) is 5.92 Å². The molecule has 7 nitrogen and oxygen atoms in total. The van der Waals surface area contributed by atoms with Crippen molar-refractivity contribution in [3.63, 3.8) is 0 Å². The maximum absolute atomic E-state index is 12.4. The summed E-state index contributed by atoms with van der Waals surface area (Å²) in [5, 5.41) is 14.8. The van der Waals surface area contributed by atoms with Gasteiger partial charge in [0.2, 0.25) is 5.91 Å². The number of fused-ring (bicyclic) bond motifs is 3. The first-order valence-corrected chi connectivity index (χ1v) is 11.6. The maximum atomic E-state index is 12.4. The van der Waals surface area contributed by atoms with Gasteiger partial charge in [-0.25, -0.2) is 4.79 Å². The zero-order valence-electron chi connectivity index (χ0n) is 18.8. The topological polar surface area (TPSA) is 105 Å². The highest BCUT2D eigenvalue weighted by Crippen LogP contribution is 2.44. The predicted octanol–water partition coefficient (Wildman–Crippen LogP) is 4.06. The smallest absolute Gasteiger partial charge is 0.407 e. The third kappa shape index (κ3) is 5.35. The van der Waals surface area contributed by atoms with Gasteiger partial charge in [-0.2, -0.15) is 0 Å². The molecule has 7 heteroatoms. The summed E-state index contributed by atoms with van der Waals surface area (Å²) >= 11 is 0. The van der Waals surface area contributed by atoms with Crippen LogP contribution in [0.4, 0.5) is 4.79 Å². The minimum Gasteiger partial charge on any atom is -0.481 e. The second kappa shape index (κ2) is 10.1. The van der Waals surface area contributed by atoms with Crippen LogP contribution in [-0.2, 0) is 14.3 Å². The molecule has 2 aliphatic rings. The fourth-order valence-corrected chi connectivity index (χ4v) is 5.00. The van der Waals surface area contributed by atoms with Crippen LogP contribution in [0.25, 0.3) is 11.1 Å². The molecule has 0 bridgehead atoms. The molecule has 2 unspecified atom stereocenters. The largest absolute Gasteiger partial charge is 0.481 e. The Kier molecular flexibility index (Phi) is 6.96. The molecule has 3 atom stereocenters. The molecule has 2 aliphatic carbocycles. The van der Waals surface area contributed by atoms with Crippen molar-refractivity contribution in [2.75, 3.05) is 6.61 Å². The molecule has 174 valence electrons. The van der Waals surface area contributed by atoms with E-state index in [-0.39, 0.29) is 30.9 Å². The predicted molar refractivity (Wildman–Crippen MR) is 124 cm³/mol. The zero-order chi connectivity index (χ0) is 23.4. The fourth-order valence-electron chi connectivity index (χ4n) is 5.00. The highest BCUT2D eigenvalue weighted by atomic mass is 16.5. The molecular formula is C26H30N2O5. The minimum atomic E-state index is -0.806. The number of benzene rings is 2. The first-order chi connectivity index (χ1) is 15.9. The average molecular weight is 451 g/mol. The van der Waals surface area contributed by atoms with E-state index in [9.17, 15) is 19.5 Å². The van der Waals surface area contributed by atoms with Gasteiger partial charge in [-0.15, -0.1) is 0 Å². The molecule has 1 saturated carbocycles. The molecule has 0 aliphatic heterocycles. The summed E-state index contributed by atoms with van der Waals surface area (Å²) in [6, 6.07) is 15.8. The molecule has 0 heterocycles. The molecule has 4 rings (SSSR count). The lowest BCUT2D eigenvalue weighted by Gasteiger charge is -2.27. The van der Waals surface area contributed by atoms with Crippen molar-refractivity contribution < 1.29 is 24.2 Å². The van der Waals surface area contributed by atoms with E-state index in [0.29, 0.717) is 12.8 Å². The van der Waals surface area contributed by atoms with Crippen LogP contribution < -0.4 is 10.6 Å². The van der Waals surface area contributed by atoms with Gasteiger partial charge in [-0.3, -0.25) is 9.59 Å². The lowest BCUT2D eigenvalue weighted by Crippen LogP contribution is -2.43. The van der Waals surface area contributed by atoms with Crippen LogP contribution in [0.3, 0.4) is 0 Å². The third-order valence-electron chi connectivity index (χ3n) is 6.59. The van der Waals surface area contributed by atoms with Crippen molar-refractivity contribution in [1.29, 1.82) is 0 Å². The number of hydrogen-bond donors (Lipinski definition) is 3. The van der Waals surface area contributed by atoms with E-state index in [1.807, 2.05) is 24.3 Å². The normalized spacial score (nSPS) is 20.3. The average Bonchev–Trinajstić information content (AvgIpc) is 3.11. The molecule has 0 radical (unpaired) electrons. The molecule has 2 aromatic rings. The molecule has 3 N–H and O–H groups in total. The van der Waals surface area contributed by atoms with Crippen molar-refractivity contribution in [2.24, 2.45) is 5.92 Å². The van der Waals surface area contributed by atoms with Gasteiger partial charge in [0.05, 0.1) is 5.92 Å². The summed E-state index contributed by atoms with van der Waals surface area (Å²) < 4.78 is 5.54. The van der Waals surface area contributed by atoms with Crippen LogP contribution in [-0.4, -0.2) is 41.8 Å². The van der Waals surface area contributed by atoms with Crippen molar-refractivity contribution in [3.05, 3.63) is 59.7 Å². The molecular weight excluding hydrogens is 420 g/mol. The molecule has 1 fully saturated rings. The number of carbonyl (C=O) groups is 3. The molecule has 2 aromatic carbocycles. The van der Waals surface area contributed by atoms with Gasteiger partial charge < -0.3 is 20.5 Å². The fraction of sp³-hybridized carbons (Fsp3) is 0.423. The lowest BCUT2D eigenvalue weighted by molar-refractivity contribution is -0.143. The number of carbonyl (C=O) groups excluding carboxylic acids is 2. The van der Waals surface area contributed by atoms with E-state index in [0.717, 1.165) is 24.0 Å². The molecule has 33 heavy (non-hydrogen) atoms. The number of alkyl carbamates (subject to hydrolysis) is 1. The SMILES string of the molecule is C[C@@H](CC(=O)NC1CCCC(C(=O)O)C1)NC(=O)OCC1c2ccccc2-c2ccccc21. The van der Waals surface area contributed by atoms with E-state index < -0.39 is 24.0 Å². The zero-order valence-corrected chi connectivity index (χ0v) is 18.8. The van der Waals surface area contributed by atoms with Crippen molar-refractivity contribution in [1.82, 2.24) is 10.6 Å². The Hall–Kier alpha value is -3.35. The van der Waals surface area contributed by atoms with Crippen LogP contribution in [0.15, 0.2) is 48.5 Å². The van der Waals surface area contributed by atoms with Gasteiger partial charge in [-0.1, -0.05) is 55.0 Å². The van der Waals surface area contributed by atoms with Crippen LogP contribution in [0.1, 0.15) is 56.1 Å². The van der Waals surface area contributed by atoms with Crippen molar-refractivity contribution in [2.45, 2.75) is 57.0 Å². The van der Waals surface area contributed by atoms with E-state index in [1.54, 1.807) is 6.92 Å². The Morgan fingerprint density at radius 2 is 1.67 bits per heavy atom. The highest BCUT2D eigenvalue weighted by Gasteiger charge is 2.30. The van der Waals surface area contributed by atoms with Gasteiger partial charge >= 0.3 is 12.1 Å². The maximum Gasteiger partial charge on any atom is 0.407 e. The summed E-state index contributed by atoms with van der Waals surface area (Å²) in [5.74, 6) is -1.42. The van der Waals surface area contributed by atoms with Gasteiger partial charge in [0.25, 0.3) is 0 Å². The molecule has 2 amide bonds. The van der Waals surface area contributed by atoms with E-state index >= 15 is 0 Å². The van der Waals surface area contributed by atoms with Crippen molar-refractivity contribution in [3.8, 4) is 11.1 Å². The molecule has 0 saturated heterocycles. The van der Waals surface area contributed by atoms with E-state index in [1.165, 1.54) is 11.1 Å². The van der Waals surface area contributed by atoms with E-state index in [4.69, 9.17) is 4.74 Å². The Bertz CT molecular complexity index is 991. The van der Waals surface area contributed by atoms with Gasteiger partial charge in [-0.05, 0) is 48.4 Å². The number of ether oxygens (including phenoxy) is 1. The number of nitrogens with one attached hydrogen (secondary N) is 2. The van der Waals surface area contributed by atoms with Gasteiger partial charge in [0.1, 0.15) is 6.61 Å². The first-order valence-electron chi connectivity index (χ1n) is 11.6. The number of hydrogen-bond acceptors (Lipinski definition) is 4. The number of carboxylic acid groups (broad SMARTS) is 1.